The van der Waals surface area contributed by atoms with Crippen molar-refractivity contribution in [3.63, 3.8) is 0 Å². The molecule has 1 aromatic carbocycles. The molecule has 1 aliphatic rings. The van der Waals surface area contributed by atoms with Crippen molar-refractivity contribution in [2.24, 2.45) is 0 Å². The Morgan fingerprint density at radius 3 is 2.73 bits per heavy atom. The summed E-state index contributed by atoms with van der Waals surface area (Å²) in [7, 11) is 3.97. The number of carbonyl (C=O) groups excluding carboxylic acids is 1. The quantitative estimate of drug-likeness (QED) is 0.762. The number of anilines is 2. The summed E-state index contributed by atoms with van der Waals surface area (Å²) in [4.78, 5) is 16.4. The van der Waals surface area contributed by atoms with Crippen LogP contribution in [0.15, 0.2) is 24.3 Å². The first kappa shape index (κ1) is 16.6. The molecule has 1 heterocycles. The molecule has 0 unspecified atom stereocenters. The Bertz CT molecular complexity index is 469. The van der Waals surface area contributed by atoms with Gasteiger partial charge in [0.25, 0.3) is 0 Å². The molecule has 2 amide bonds. The topological polar surface area (TPSA) is 47.6 Å². The van der Waals surface area contributed by atoms with Gasteiger partial charge in [0, 0.05) is 32.0 Å². The molecule has 0 spiro atoms. The van der Waals surface area contributed by atoms with Gasteiger partial charge in [0.15, 0.2) is 0 Å². The molecule has 1 fully saturated rings. The molecule has 5 heteroatoms. The summed E-state index contributed by atoms with van der Waals surface area (Å²) in [5.41, 5.74) is 1.89. The van der Waals surface area contributed by atoms with Gasteiger partial charge in [-0.3, -0.25) is 0 Å². The Kier molecular flexibility index (Phi) is 6.52. The molecular formula is C17H28N4O. The lowest BCUT2D eigenvalue weighted by Crippen LogP contribution is -2.30. The number of likely N-dealkylation sites (tertiary alicyclic amines) is 1. The first-order valence-corrected chi connectivity index (χ1v) is 8.20. The zero-order valence-electron chi connectivity index (χ0n) is 13.8. The number of hydrogen-bond acceptors (Lipinski definition) is 3. The lowest BCUT2D eigenvalue weighted by Gasteiger charge is -2.15. The van der Waals surface area contributed by atoms with Crippen LogP contribution < -0.4 is 15.5 Å². The fourth-order valence-corrected chi connectivity index (χ4v) is 2.71. The van der Waals surface area contributed by atoms with Crippen molar-refractivity contribution in [3.05, 3.63) is 24.3 Å². The van der Waals surface area contributed by atoms with Crippen molar-refractivity contribution in [2.75, 3.05) is 50.5 Å². The zero-order valence-corrected chi connectivity index (χ0v) is 13.8. The van der Waals surface area contributed by atoms with Gasteiger partial charge in [-0.15, -0.1) is 0 Å². The maximum atomic E-state index is 11.9. The van der Waals surface area contributed by atoms with Crippen LogP contribution in [0.25, 0.3) is 0 Å². The smallest absolute Gasteiger partial charge is 0.319 e. The van der Waals surface area contributed by atoms with Gasteiger partial charge in [0.05, 0.1) is 0 Å². The third-order valence-corrected chi connectivity index (χ3v) is 4.01. The van der Waals surface area contributed by atoms with Gasteiger partial charge in [0.2, 0.25) is 0 Å². The van der Waals surface area contributed by atoms with Crippen LogP contribution in [0, 0.1) is 0 Å². The summed E-state index contributed by atoms with van der Waals surface area (Å²) < 4.78 is 0. The van der Waals surface area contributed by atoms with Gasteiger partial charge in [-0.25, -0.2) is 4.79 Å². The Labute approximate surface area is 133 Å². The van der Waals surface area contributed by atoms with E-state index in [2.05, 4.69) is 15.5 Å². The molecule has 1 aliphatic heterocycles. The Morgan fingerprint density at radius 2 is 2.00 bits per heavy atom. The minimum Gasteiger partial charge on any atom is -0.378 e. The molecule has 0 atom stereocenters. The van der Waals surface area contributed by atoms with Crippen molar-refractivity contribution in [1.82, 2.24) is 10.2 Å². The molecule has 5 nitrogen and oxygen atoms in total. The van der Waals surface area contributed by atoms with E-state index in [1.54, 1.807) is 0 Å². The van der Waals surface area contributed by atoms with E-state index in [0.717, 1.165) is 37.3 Å². The van der Waals surface area contributed by atoms with Crippen molar-refractivity contribution in [3.8, 4) is 0 Å². The summed E-state index contributed by atoms with van der Waals surface area (Å²) in [6.07, 6.45) is 4.86. The lowest BCUT2D eigenvalue weighted by molar-refractivity contribution is 0.251. The number of carbonyl (C=O) groups is 1. The maximum absolute atomic E-state index is 11.9. The second-order valence-corrected chi connectivity index (χ2v) is 6.08. The number of unbranched alkanes of at least 4 members (excludes halogenated alkanes) is 1. The molecule has 0 saturated carbocycles. The standard InChI is InChI=1S/C17H28N4O/c1-20(2)16-9-7-8-15(14-16)19-17(22)18-10-3-4-11-21-12-5-6-13-21/h7-9,14H,3-6,10-13H2,1-2H3,(H2,18,19,22). The number of amides is 2. The highest BCUT2D eigenvalue weighted by atomic mass is 16.2. The van der Waals surface area contributed by atoms with Crippen LogP contribution in [0.4, 0.5) is 16.2 Å². The fraction of sp³-hybridized carbons (Fsp3) is 0.588. The average Bonchev–Trinajstić information content (AvgIpc) is 3.00. The second kappa shape index (κ2) is 8.63. The highest BCUT2D eigenvalue weighted by Crippen LogP contribution is 2.17. The van der Waals surface area contributed by atoms with Crippen LogP contribution in [-0.4, -0.2) is 51.2 Å². The van der Waals surface area contributed by atoms with Gasteiger partial charge in [0.1, 0.15) is 0 Å². The van der Waals surface area contributed by atoms with Crippen molar-refractivity contribution < 1.29 is 4.79 Å². The van der Waals surface area contributed by atoms with Crippen molar-refractivity contribution >= 4 is 17.4 Å². The van der Waals surface area contributed by atoms with Crippen LogP contribution in [0.5, 0.6) is 0 Å². The third kappa shape index (κ3) is 5.56. The van der Waals surface area contributed by atoms with Crippen LogP contribution in [0.1, 0.15) is 25.7 Å². The second-order valence-electron chi connectivity index (χ2n) is 6.08. The van der Waals surface area contributed by atoms with E-state index in [9.17, 15) is 4.79 Å². The normalized spacial score (nSPS) is 14.8. The van der Waals surface area contributed by atoms with Gasteiger partial charge in [-0.2, -0.15) is 0 Å². The molecule has 0 bridgehead atoms. The fourth-order valence-electron chi connectivity index (χ4n) is 2.71. The molecule has 0 aliphatic carbocycles. The van der Waals surface area contributed by atoms with E-state index in [1.807, 2.05) is 43.3 Å². The predicted molar refractivity (Wildman–Crippen MR) is 92.7 cm³/mol. The molecule has 0 radical (unpaired) electrons. The van der Waals surface area contributed by atoms with Gasteiger partial charge >= 0.3 is 6.03 Å². The number of nitrogens with one attached hydrogen (secondary N) is 2. The van der Waals surface area contributed by atoms with Crippen LogP contribution in [-0.2, 0) is 0 Å². The molecular weight excluding hydrogens is 276 g/mol. The summed E-state index contributed by atoms with van der Waals surface area (Å²) in [5, 5.41) is 5.81. The molecule has 0 aromatic heterocycles. The molecule has 2 rings (SSSR count). The van der Waals surface area contributed by atoms with E-state index < -0.39 is 0 Å². The van der Waals surface area contributed by atoms with Crippen molar-refractivity contribution in [2.45, 2.75) is 25.7 Å². The number of nitrogens with zero attached hydrogens (tertiary/aromatic N) is 2. The minimum atomic E-state index is -0.128. The largest absolute Gasteiger partial charge is 0.378 e. The highest BCUT2D eigenvalue weighted by Gasteiger charge is 2.10. The molecule has 1 saturated heterocycles. The monoisotopic (exact) mass is 304 g/mol. The van der Waals surface area contributed by atoms with E-state index >= 15 is 0 Å². The molecule has 22 heavy (non-hydrogen) atoms. The number of urea groups is 1. The highest BCUT2D eigenvalue weighted by molar-refractivity contribution is 5.89. The lowest BCUT2D eigenvalue weighted by atomic mass is 10.2. The van der Waals surface area contributed by atoms with Gasteiger partial charge in [-0.1, -0.05) is 6.07 Å². The Hall–Kier alpha value is -1.75. The van der Waals surface area contributed by atoms with Gasteiger partial charge < -0.3 is 20.4 Å². The summed E-state index contributed by atoms with van der Waals surface area (Å²) in [6.45, 7) is 4.38. The zero-order chi connectivity index (χ0) is 15.8. The van der Waals surface area contributed by atoms with Crippen LogP contribution in [0.2, 0.25) is 0 Å². The summed E-state index contributed by atoms with van der Waals surface area (Å²) >= 11 is 0. The van der Waals surface area contributed by atoms with Crippen LogP contribution >= 0.6 is 0 Å². The summed E-state index contributed by atoms with van der Waals surface area (Å²) in [5.74, 6) is 0. The van der Waals surface area contributed by atoms with E-state index in [0.29, 0.717) is 0 Å². The average molecular weight is 304 g/mol. The van der Waals surface area contributed by atoms with Gasteiger partial charge in [-0.05, 0) is 63.5 Å². The number of hydrogen-bond donors (Lipinski definition) is 2. The minimum absolute atomic E-state index is 0.128. The molecule has 2 N–H and O–H groups in total. The van der Waals surface area contributed by atoms with Crippen molar-refractivity contribution in [1.29, 1.82) is 0 Å². The van der Waals surface area contributed by atoms with E-state index in [1.165, 1.54) is 25.9 Å². The summed E-state index contributed by atoms with van der Waals surface area (Å²) in [6, 6.07) is 7.70. The Morgan fingerprint density at radius 1 is 1.23 bits per heavy atom. The Balaban J connectivity index is 1.62. The number of rotatable bonds is 7. The van der Waals surface area contributed by atoms with E-state index in [4.69, 9.17) is 0 Å². The maximum Gasteiger partial charge on any atom is 0.319 e. The SMILES string of the molecule is CN(C)c1cccc(NC(=O)NCCCCN2CCCC2)c1. The molecule has 1 aromatic rings. The molecule has 122 valence electrons. The predicted octanol–water partition coefficient (Wildman–Crippen LogP) is 2.75. The van der Waals surface area contributed by atoms with Crippen LogP contribution in [0.3, 0.4) is 0 Å². The van der Waals surface area contributed by atoms with E-state index in [-0.39, 0.29) is 6.03 Å². The third-order valence-electron chi connectivity index (χ3n) is 4.01. The number of benzene rings is 1. The first-order chi connectivity index (χ1) is 10.6. The first-order valence-electron chi connectivity index (χ1n) is 8.20.